The van der Waals surface area contributed by atoms with Gasteiger partial charge in [0.05, 0.1) is 16.9 Å². The van der Waals surface area contributed by atoms with E-state index in [2.05, 4.69) is 84.1 Å². The normalized spacial score (nSPS) is 10.5. The Hall–Kier alpha value is -3.85. The molecule has 4 aromatic carbocycles. The zero-order valence-corrected chi connectivity index (χ0v) is 23.2. The minimum Gasteiger partial charge on any atom is -0.333 e. The fraction of sp³-hybridized carbons (Fsp3) is 0.0909. The standard InChI is InChI=1S/C22H19N2.C11H8N.Ir/c1-16(2)18-12-6-8-14-20(18)24-21-15-9-7-13-19(21)23-22(24)17-10-4-3-5-11-17;1-2-6-10(7-3-1)11-8-4-5-9-12-11;/h3-10,12-16H,1-2H3;1-6,8-9H;/q2*-1;. The van der Waals surface area contributed by atoms with Gasteiger partial charge in [-0.25, -0.2) is 0 Å². The van der Waals surface area contributed by atoms with Crippen LogP contribution >= 0.6 is 0 Å². The molecule has 0 aliphatic carbocycles. The van der Waals surface area contributed by atoms with E-state index in [1.807, 2.05) is 66.7 Å². The van der Waals surface area contributed by atoms with Crippen molar-refractivity contribution in [3.63, 3.8) is 0 Å². The van der Waals surface area contributed by atoms with Crippen molar-refractivity contribution < 1.29 is 20.1 Å². The van der Waals surface area contributed by atoms with Crippen LogP contribution < -0.4 is 0 Å². The molecule has 6 aromatic rings. The summed E-state index contributed by atoms with van der Waals surface area (Å²) >= 11 is 0. The van der Waals surface area contributed by atoms with Crippen LogP contribution in [-0.4, -0.2) is 14.5 Å². The minimum absolute atomic E-state index is 0. The first-order chi connectivity index (χ1) is 17.7. The smallest absolute Gasteiger partial charge is 0.0774 e. The Kier molecular flexibility index (Phi) is 8.79. The maximum atomic E-state index is 4.89. The van der Waals surface area contributed by atoms with E-state index in [1.165, 1.54) is 11.3 Å². The Morgan fingerprint density at radius 1 is 0.676 bits per heavy atom. The van der Waals surface area contributed by atoms with Crippen LogP contribution in [0.3, 0.4) is 0 Å². The number of fused-ring (bicyclic) bond motifs is 1. The number of hydrogen-bond acceptors (Lipinski definition) is 2. The first-order valence-corrected chi connectivity index (χ1v) is 12.1. The van der Waals surface area contributed by atoms with Crippen molar-refractivity contribution in [1.29, 1.82) is 0 Å². The molecule has 0 fully saturated rings. The molecule has 37 heavy (non-hydrogen) atoms. The van der Waals surface area contributed by atoms with E-state index in [0.29, 0.717) is 5.92 Å². The molecule has 0 aliphatic heterocycles. The van der Waals surface area contributed by atoms with Crippen LogP contribution in [0.5, 0.6) is 0 Å². The van der Waals surface area contributed by atoms with Crippen LogP contribution in [0.25, 0.3) is 39.4 Å². The van der Waals surface area contributed by atoms with Crippen LogP contribution in [0.2, 0.25) is 0 Å². The van der Waals surface area contributed by atoms with Gasteiger partial charge >= 0.3 is 0 Å². The summed E-state index contributed by atoms with van der Waals surface area (Å²) in [5.41, 5.74) is 7.65. The summed E-state index contributed by atoms with van der Waals surface area (Å²) in [6.45, 7) is 4.46. The van der Waals surface area contributed by atoms with E-state index >= 15 is 0 Å². The third kappa shape index (κ3) is 5.94. The molecule has 6 rings (SSSR count). The van der Waals surface area contributed by atoms with Crippen LogP contribution in [0, 0.1) is 12.1 Å². The number of nitrogens with zero attached hydrogens (tertiary/aromatic N) is 3. The van der Waals surface area contributed by atoms with Gasteiger partial charge < -0.3 is 9.55 Å². The van der Waals surface area contributed by atoms with Gasteiger partial charge in [-0.1, -0.05) is 56.3 Å². The fourth-order valence-electron chi connectivity index (χ4n) is 4.24. The number of aromatic nitrogens is 3. The van der Waals surface area contributed by atoms with Gasteiger partial charge in [0.1, 0.15) is 0 Å². The van der Waals surface area contributed by atoms with Gasteiger partial charge in [-0.15, -0.1) is 71.8 Å². The molecule has 0 unspecified atom stereocenters. The van der Waals surface area contributed by atoms with Crippen molar-refractivity contribution in [2.24, 2.45) is 0 Å². The Morgan fingerprint density at radius 2 is 1.32 bits per heavy atom. The number of imidazole rings is 1. The second-order valence-corrected chi connectivity index (χ2v) is 8.74. The molecular weight excluding hydrogens is 631 g/mol. The molecule has 0 aliphatic rings. The predicted molar refractivity (Wildman–Crippen MR) is 148 cm³/mol. The molecule has 0 N–H and O–H groups in total. The monoisotopic (exact) mass is 658 g/mol. The minimum atomic E-state index is 0. The third-order valence-electron chi connectivity index (χ3n) is 5.96. The predicted octanol–water partition coefficient (Wildman–Crippen LogP) is 8.16. The topological polar surface area (TPSA) is 30.7 Å². The molecule has 2 heterocycles. The summed E-state index contributed by atoms with van der Waals surface area (Å²) in [5, 5.41) is 0. The van der Waals surface area contributed by atoms with E-state index < -0.39 is 0 Å². The van der Waals surface area contributed by atoms with E-state index in [0.717, 1.165) is 33.7 Å². The maximum Gasteiger partial charge on any atom is 0.0774 e. The molecule has 4 heteroatoms. The molecule has 0 saturated heterocycles. The molecule has 3 nitrogen and oxygen atoms in total. The third-order valence-corrected chi connectivity index (χ3v) is 5.96. The van der Waals surface area contributed by atoms with Crippen molar-refractivity contribution in [3.8, 4) is 28.3 Å². The van der Waals surface area contributed by atoms with Gasteiger partial charge in [-0.2, -0.15) is 0 Å². The summed E-state index contributed by atoms with van der Waals surface area (Å²) in [5.74, 6) is 1.37. The average molecular weight is 658 g/mol. The zero-order chi connectivity index (χ0) is 24.7. The molecule has 0 spiro atoms. The summed E-state index contributed by atoms with van der Waals surface area (Å²) in [4.78, 5) is 9.11. The zero-order valence-electron chi connectivity index (χ0n) is 20.8. The first-order valence-electron chi connectivity index (χ1n) is 12.1. The van der Waals surface area contributed by atoms with Crippen LogP contribution in [0.15, 0.2) is 121 Å². The van der Waals surface area contributed by atoms with E-state index in [1.54, 1.807) is 6.20 Å². The molecule has 0 saturated carbocycles. The van der Waals surface area contributed by atoms with E-state index in [4.69, 9.17) is 4.98 Å². The largest absolute Gasteiger partial charge is 0.333 e. The summed E-state index contributed by atoms with van der Waals surface area (Å²) in [6, 6.07) is 45.0. The number of hydrogen-bond donors (Lipinski definition) is 0. The molecule has 0 bridgehead atoms. The average Bonchev–Trinajstić information content (AvgIpc) is 3.34. The Bertz CT molecular complexity index is 1510. The van der Waals surface area contributed by atoms with Crippen molar-refractivity contribution in [1.82, 2.24) is 14.5 Å². The number of pyridine rings is 1. The van der Waals surface area contributed by atoms with Gasteiger partial charge in [0.15, 0.2) is 0 Å². The summed E-state index contributed by atoms with van der Waals surface area (Å²) in [6.07, 6.45) is 1.79. The van der Waals surface area contributed by atoms with E-state index in [9.17, 15) is 0 Å². The summed E-state index contributed by atoms with van der Waals surface area (Å²) < 4.78 is 2.26. The number of rotatable bonds is 4. The Balaban J connectivity index is 0.000000208. The van der Waals surface area contributed by atoms with Gasteiger partial charge in [0.2, 0.25) is 0 Å². The molecule has 2 aromatic heterocycles. The SMILES string of the molecule is CC(C)c1ccccc1-n1c(-c2[c-]cccc2)nc2ccccc21.[Ir].[c-]1ccccc1-c1ccccn1. The van der Waals surface area contributed by atoms with Gasteiger partial charge in [0, 0.05) is 32.0 Å². The van der Waals surface area contributed by atoms with Crippen LogP contribution in [-0.2, 0) is 20.1 Å². The molecule has 1 radical (unpaired) electrons. The Morgan fingerprint density at radius 3 is 2.00 bits per heavy atom. The van der Waals surface area contributed by atoms with Gasteiger partial charge in [-0.3, -0.25) is 4.98 Å². The fourth-order valence-corrected chi connectivity index (χ4v) is 4.24. The number of para-hydroxylation sites is 3. The second-order valence-electron chi connectivity index (χ2n) is 8.74. The summed E-state index contributed by atoms with van der Waals surface area (Å²) in [7, 11) is 0. The molecule has 0 amide bonds. The Labute approximate surface area is 232 Å². The van der Waals surface area contributed by atoms with Crippen molar-refractivity contribution >= 4 is 11.0 Å². The maximum absolute atomic E-state index is 4.89. The molecule has 185 valence electrons. The molecular formula is C33H27IrN3-2. The molecule has 0 atom stereocenters. The number of benzene rings is 4. The quantitative estimate of drug-likeness (QED) is 0.179. The van der Waals surface area contributed by atoms with Crippen molar-refractivity contribution in [3.05, 3.63) is 139 Å². The van der Waals surface area contributed by atoms with Crippen molar-refractivity contribution in [2.75, 3.05) is 0 Å². The second kappa shape index (κ2) is 12.4. The van der Waals surface area contributed by atoms with Gasteiger partial charge in [-0.05, 0) is 41.4 Å². The van der Waals surface area contributed by atoms with Crippen molar-refractivity contribution in [2.45, 2.75) is 19.8 Å². The van der Waals surface area contributed by atoms with Crippen LogP contribution in [0.1, 0.15) is 25.3 Å². The van der Waals surface area contributed by atoms with Gasteiger partial charge in [0.25, 0.3) is 0 Å². The van der Waals surface area contributed by atoms with Crippen LogP contribution in [0.4, 0.5) is 0 Å². The van der Waals surface area contributed by atoms with E-state index in [-0.39, 0.29) is 20.1 Å². The first kappa shape index (κ1) is 26.2.